The van der Waals surface area contributed by atoms with Gasteiger partial charge in [-0.1, -0.05) is 0 Å². The molecule has 0 aromatic carbocycles. The lowest BCUT2D eigenvalue weighted by Gasteiger charge is -2.26. The van der Waals surface area contributed by atoms with Crippen LogP contribution in [0.3, 0.4) is 0 Å². The molecule has 0 saturated heterocycles. The Kier molecular flexibility index (Phi) is 3.44. The topological polar surface area (TPSA) is 80.9 Å². The SMILES string of the molecule is NC1CCC(NC(=O)c2nc3ccncc3s2)CC1. The zero-order valence-electron chi connectivity index (χ0n) is 10.5. The van der Waals surface area contributed by atoms with Crippen LogP contribution in [0.2, 0.25) is 0 Å². The molecule has 0 spiro atoms. The summed E-state index contributed by atoms with van der Waals surface area (Å²) in [6.45, 7) is 0. The quantitative estimate of drug-likeness (QED) is 0.874. The van der Waals surface area contributed by atoms with E-state index in [0.29, 0.717) is 11.0 Å². The molecule has 0 bridgehead atoms. The number of nitrogens with two attached hydrogens (primary N) is 1. The maximum Gasteiger partial charge on any atom is 0.280 e. The molecule has 1 fully saturated rings. The minimum atomic E-state index is -0.0818. The largest absolute Gasteiger partial charge is 0.347 e. The van der Waals surface area contributed by atoms with Crippen LogP contribution in [0.5, 0.6) is 0 Å². The maximum atomic E-state index is 12.1. The number of pyridine rings is 1. The third kappa shape index (κ3) is 2.74. The van der Waals surface area contributed by atoms with E-state index >= 15 is 0 Å². The van der Waals surface area contributed by atoms with E-state index in [0.717, 1.165) is 35.9 Å². The van der Waals surface area contributed by atoms with Crippen molar-refractivity contribution in [2.24, 2.45) is 5.73 Å². The molecular weight excluding hydrogens is 260 g/mol. The van der Waals surface area contributed by atoms with Crippen LogP contribution < -0.4 is 11.1 Å². The maximum absolute atomic E-state index is 12.1. The Labute approximate surface area is 115 Å². The summed E-state index contributed by atoms with van der Waals surface area (Å²) in [6.07, 6.45) is 7.30. The molecule has 100 valence electrons. The van der Waals surface area contributed by atoms with Crippen LogP contribution in [0, 0.1) is 0 Å². The number of thiazole rings is 1. The number of hydrogen-bond acceptors (Lipinski definition) is 5. The predicted molar refractivity (Wildman–Crippen MR) is 75.1 cm³/mol. The molecular formula is C13H16N4OS. The van der Waals surface area contributed by atoms with Crippen LogP contribution in [0.25, 0.3) is 10.2 Å². The first-order chi connectivity index (χ1) is 9.22. The van der Waals surface area contributed by atoms with E-state index in [-0.39, 0.29) is 11.9 Å². The summed E-state index contributed by atoms with van der Waals surface area (Å²) in [5.41, 5.74) is 6.69. The summed E-state index contributed by atoms with van der Waals surface area (Å²) in [5, 5.41) is 3.56. The second-order valence-electron chi connectivity index (χ2n) is 4.95. The normalized spacial score (nSPS) is 23.4. The Morgan fingerprint density at radius 1 is 1.37 bits per heavy atom. The van der Waals surface area contributed by atoms with Gasteiger partial charge in [0.25, 0.3) is 5.91 Å². The van der Waals surface area contributed by atoms with Gasteiger partial charge in [0.15, 0.2) is 5.01 Å². The van der Waals surface area contributed by atoms with Crippen LogP contribution in [-0.4, -0.2) is 28.0 Å². The van der Waals surface area contributed by atoms with Crippen molar-refractivity contribution in [2.45, 2.75) is 37.8 Å². The highest BCUT2D eigenvalue weighted by Crippen LogP contribution is 2.22. The molecule has 0 radical (unpaired) electrons. The van der Waals surface area contributed by atoms with Crippen molar-refractivity contribution in [3.63, 3.8) is 0 Å². The molecule has 1 aliphatic carbocycles. The molecule has 0 atom stereocenters. The molecule has 6 heteroatoms. The highest BCUT2D eigenvalue weighted by Gasteiger charge is 2.21. The minimum absolute atomic E-state index is 0.0818. The van der Waals surface area contributed by atoms with E-state index in [1.807, 2.05) is 6.07 Å². The fourth-order valence-electron chi connectivity index (χ4n) is 2.39. The first-order valence-corrected chi connectivity index (χ1v) is 7.31. The zero-order chi connectivity index (χ0) is 13.2. The van der Waals surface area contributed by atoms with Crippen LogP contribution in [0.15, 0.2) is 18.5 Å². The Balaban J connectivity index is 1.70. The zero-order valence-corrected chi connectivity index (χ0v) is 11.3. The molecule has 3 N–H and O–H groups in total. The van der Waals surface area contributed by atoms with E-state index in [1.165, 1.54) is 11.3 Å². The van der Waals surface area contributed by atoms with Gasteiger partial charge in [0.1, 0.15) is 0 Å². The lowest BCUT2D eigenvalue weighted by molar-refractivity contribution is 0.0925. The number of aromatic nitrogens is 2. The van der Waals surface area contributed by atoms with Gasteiger partial charge in [0.05, 0.1) is 10.2 Å². The van der Waals surface area contributed by atoms with Gasteiger partial charge in [0, 0.05) is 24.5 Å². The fraction of sp³-hybridized carbons (Fsp3) is 0.462. The van der Waals surface area contributed by atoms with Crippen molar-refractivity contribution < 1.29 is 4.79 Å². The van der Waals surface area contributed by atoms with E-state index in [1.54, 1.807) is 12.4 Å². The van der Waals surface area contributed by atoms with E-state index in [4.69, 9.17) is 5.73 Å². The Morgan fingerprint density at radius 3 is 2.89 bits per heavy atom. The van der Waals surface area contributed by atoms with Gasteiger partial charge in [-0.15, -0.1) is 11.3 Å². The van der Waals surface area contributed by atoms with E-state index < -0.39 is 0 Å². The molecule has 1 aliphatic rings. The molecule has 5 nitrogen and oxygen atoms in total. The van der Waals surface area contributed by atoms with Gasteiger partial charge in [0.2, 0.25) is 0 Å². The lowest BCUT2D eigenvalue weighted by atomic mass is 9.92. The number of hydrogen-bond donors (Lipinski definition) is 2. The summed E-state index contributed by atoms with van der Waals surface area (Å²) >= 11 is 1.38. The van der Waals surface area contributed by atoms with Crippen LogP contribution in [0.1, 0.15) is 35.5 Å². The average molecular weight is 276 g/mol. The summed E-state index contributed by atoms with van der Waals surface area (Å²) in [7, 11) is 0. The number of carbonyl (C=O) groups is 1. The molecule has 2 heterocycles. The Hall–Kier alpha value is -1.53. The first kappa shape index (κ1) is 12.5. The van der Waals surface area contributed by atoms with Crippen molar-refractivity contribution >= 4 is 27.5 Å². The van der Waals surface area contributed by atoms with E-state index in [2.05, 4.69) is 15.3 Å². The van der Waals surface area contributed by atoms with Crippen LogP contribution in [-0.2, 0) is 0 Å². The molecule has 2 aromatic heterocycles. The third-order valence-corrected chi connectivity index (χ3v) is 4.50. The van der Waals surface area contributed by atoms with Gasteiger partial charge in [-0.3, -0.25) is 9.78 Å². The summed E-state index contributed by atoms with van der Waals surface area (Å²) in [4.78, 5) is 20.5. The number of nitrogens with zero attached hydrogens (tertiary/aromatic N) is 2. The average Bonchev–Trinajstić information content (AvgIpc) is 2.85. The highest BCUT2D eigenvalue weighted by molar-refractivity contribution is 7.20. The van der Waals surface area contributed by atoms with Crippen molar-refractivity contribution in [2.75, 3.05) is 0 Å². The smallest absolute Gasteiger partial charge is 0.280 e. The molecule has 0 aliphatic heterocycles. The number of amides is 1. The van der Waals surface area contributed by atoms with Crippen molar-refractivity contribution in [3.8, 4) is 0 Å². The molecule has 19 heavy (non-hydrogen) atoms. The van der Waals surface area contributed by atoms with Crippen molar-refractivity contribution in [3.05, 3.63) is 23.5 Å². The number of rotatable bonds is 2. The Morgan fingerprint density at radius 2 is 2.16 bits per heavy atom. The fourth-order valence-corrected chi connectivity index (χ4v) is 3.22. The highest BCUT2D eigenvalue weighted by atomic mass is 32.1. The van der Waals surface area contributed by atoms with Gasteiger partial charge in [-0.2, -0.15) is 0 Å². The monoisotopic (exact) mass is 276 g/mol. The third-order valence-electron chi connectivity index (χ3n) is 3.49. The number of carbonyl (C=O) groups excluding carboxylic acids is 1. The predicted octanol–water partition coefficient (Wildman–Crippen LogP) is 1.69. The lowest BCUT2D eigenvalue weighted by Crippen LogP contribution is -2.40. The summed E-state index contributed by atoms with van der Waals surface area (Å²) in [5.74, 6) is -0.0818. The second kappa shape index (κ2) is 5.22. The molecule has 3 rings (SSSR count). The van der Waals surface area contributed by atoms with E-state index in [9.17, 15) is 4.79 Å². The Bertz CT molecular complexity index is 556. The molecule has 1 saturated carbocycles. The molecule has 1 amide bonds. The summed E-state index contributed by atoms with van der Waals surface area (Å²) in [6, 6.07) is 2.35. The minimum Gasteiger partial charge on any atom is -0.347 e. The standard InChI is InChI=1S/C13H16N4OS/c14-8-1-3-9(4-2-8)16-12(18)13-17-10-5-6-15-7-11(10)19-13/h5-9H,1-4,14H2,(H,16,18). The second-order valence-corrected chi connectivity index (χ2v) is 5.98. The molecule has 0 unspecified atom stereocenters. The first-order valence-electron chi connectivity index (χ1n) is 6.49. The number of nitrogens with one attached hydrogen (secondary N) is 1. The molecule has 2 aromatic rings. The van der Waals surface area contributed by atoms with Gasteiger partial charge in [-0.05, 0) is 31.7 Å². The van der Waals surface area contributed by atoms with Crippen LogP contribution >= 0.6 is 11.3 Å². The van der Waals surface area contributed by atoms with Crippen molar-refractivity contribution in [1.29, 1.82) is 0 Å². The summed E-state index contributed by atoms with van der Waals surface area (Å²) < 4.78 is 0.943. The van der Waals surface area contributed by atoms with Gasteiger partial charge >= 0.3 is 0 Å². The van der Waals surface area contributed by atoms with Crippen molar-refractivity contribution in [1.82, 2.24) is 15.3 Å². The van der Waals surface area contributed by atoms with Gasteiger partial charge < -0.3 is 11.1 Å². The van der Waals surface area contributed by atoms with Crippen LogP contribution in [0.4, 0.5) is 0 Å². The van der Waals surface area contributed by atoms with Gasteiger partial charge in [-0.25, -0.2) is 4.98 Å². The number of fused-ring (bicyclic) bond motifs is 1.